The highest BCUT2D eigenvalue weighted by Crippen LogP contribution is 2.49. The lowest BCUT2D eigenvalue weighted by Crippen LogP contribution is -2.56. The second-order valence-corrected chi connectivity index (χ2v) is 3.28. The van der Waals surface area contributed by atoms with Gasteiger partial charge in [-0.05, 0) is 0 Å². The van der Waals surface area contributed by atoms with Crippen LogP contribution < -0.4 is 0 Å². The van der Waals surface area contributed by atoms with Gasteiger partial charge in [-0.1, -0.05) is 0 Å². The molecule has 0 radical (unpaired) electrons. The summed E-state index contributed by atoms with van der Waals surface area (Å²) in [7, 11) is 0. The van der Waals surface area contributed by atoms with Crippen LogP contribution in [0.1, 0.15) is 0 Å². The maximum absolute atomic E-state index is 12.3. The average molecular weight is 324 g/mol. The van der Waals surface area contributed by atoms with Crippen molar-refractivity contribution in [1.29, 1.82) is 0 Å². The first-order chi connectivity index (χ1) is 5.44. The molecule has 78 valence electrons. The SMILES string of the molecule is O=C(F)C(F)(C(F)(F)F)C(F)(F)I. The third-order valence-corrected chi connectivity index (χ3v) is 1.80. The Hall–Kier alpha value is -0.0900. The van der Waals surface area contributed by atoms with Gasteiger partial charge in [0.15, 0.2) is 0 Å². The summed E-state index contributed by atoms with van der Waals surface area (Å²) in [4.78, 5) is 9.51. The molecule has 0 saturated carbocycles. The maximum atomic E-state index is 12.3. The molecular formula is C4F7IO. The van der Waals surface area contributed by atoms with E-state index < -0.39 is 21.8 Å². The quantitative estimate of drug-likeness (QED) is 0.330. The summed E-state index contributed by atoms with van der Waals surface area (Å²) >= 11 is -0.293. The molecule has 0 heterocycles. The average Bonchev–Trinajstić information content (AvgIpc) is 1.80. The molecule has 0 aliphatic carbocycles. The number of alkyl halides is 7. The lowest BCUT2D eigenvalue weighted by molar-refractivity contribution is -0.266. The van der Waals surface area contributed by atoms with E-state index >= 15 is 0 Å². The van der Waals surface area contributed by atoms with E-state index in [4.69, 9.17) is 0 Å². The van der Waals surface area contributed by atoms with Crippen LogP contribution >= 0.6 is 22.6 Å². The minimum Gasteiger partial charge on any atom is -0.257 e. The van der Waals surface area contributed by atoms with E-state index in [1.807, 2.05) is 0 Å². The molecule has 0 aromatic heterocycles. The van der Waals surface area contributed by atoms with Crippen molar-refractivity contribution >= 4 is 28.6 Å². The van der Waals surface area contributed by atoms with Crippen molar-refractivity contribution in [2.75, 3.05) is 0 Å². The number of hydrogen-bond acceptors (Lipinski definition) is 1. The van der Waals surface area contributed by atoms with Crippen LogP contribution in [-0.2, 0) is 4.79 Å². The van der Waals surface area contributed by atoms with Gasteiger partial charge < -0.3 is 0 Å². The minimum absolute atomic E-state index is 0.293. The van der Waals surface area contributed by atoms with E-state index in [-0.39, 0.29) is 22.6 Å². The summed E-state index contributed by atoms with van der Waals surface area (Å²) in [6.07, 6.45) is -6.29. The zero-order valence-corrected chi connectivity index (χ0v) is 7.59. The molecule has 1 atom stereocenters. The summed E-state index contributed by atoms with van der Waals surface area (Å²) in [6.45, 7) is 0. The number of halogens is 8. The van der Waals surface area contributed by atoms with Crippen LogP contribution in [0.5, 0.6) is 0 Å². The lowest BCUT2D eigenvalue weighted by atomic mass is 10.1. The number of carbonyl (C=O) groups is 1. The van der Waals surface area contributed by atoms with E-state index in [0.717, 1.165) is 0 Å². The molecule has 0 amide bonds. The van der Waals surface area contributed by atoms with Crippen LogP contribution in [0.2, 0.25) is 0 Å². The highest BCUT2D eigenvalue weighted by atomic mass is 127. The summed E-state index contributed by atoms with van der Waals surface area (Å²) in [5, 5.41) is 0. The Bertz CT molecular complexity index is 202. The van der Waals surface area contributed by atoms with Gasteiger partial charge >= 0.3 is 21.8 Å². The lowest BCUT2D eigenvalue weighted by Gasteiger charge is -2.26. The van der Waals surface area contributed by atoms with E-state index in [1.54, 1.807) is 0 Å². The largest absolute Gasteiger partial charge is 0.439 e. The van der Waals surface area contributed by atoms with Gasteiger partial charge in [-0.25, -0.2) is 4.39 Å². The molecule has 0 saturated heterocycles. The van der Waals surface area contributed by atoms with Crippen LogP contribution in [0.4, 0.5) is 30.7 Å². The zero-order valence-electron chi connectivity index (χ0n) is 5.43. The normalized spacial score (nSPS) is 18.2. The summed E-state index contributed by atoms with van der Waals surface area (Å²) in [5.74, 6) is 0. The molecule has 0 aromatic carbocycles. The number of rotatable bonds is 2. The van der Waals surface area contributed by atoms with Gasteiger partial charge in [-0.2, -0.15) is 26.3 Å². The van der Waals surface area contributed by atoms with Crippen LogP contribution in [-0.4, -0.2) is 21.8 Å². The maximum Gasteiger partial charge on any atom is 0.439 e. The molecule has 0 N–H and O–H groups in total. The standard InChI is InChI=1S/C4F7IO/c5-1(13)2(6,3(7,8)9)4(10,11)12. The van der Waals surface area contributed by atoms with Crippen molar-refractivity contribution in [3.63, 3.8) is 0 Å². The molecule has 0 aliphatic rings. The first-order valence-electron chi connectivity index (χ1n) is 2.47. The summed E-state index contributed by atoms with van der Waals surface area (Å²) < 4.78 is 77.1. The van der Waals surface area contributed by atoms with Crippen molar-refractivity contribution in [1.82, 2.24) is 0 Å². The van der Waals surface area contributed by atoms with E-state index in [9.17, 15) is 35.5 Å². The van der Waals surface area contributed by atoms with Crippen LogP contribution in [0.3, 0.4) is 0 Å². The second kappa shape index (κ2) is 3.24. The van der Waals surface area contributed by atoms with Crippen molar-refractivity contribution in [2.45, 2.75) is 15.8 Å². The molecular weight excluding hydrogens is 324 g/mol. The molecule has 0 rings (SSSR count). The zero-order chi connectivity index (χ0) is 11.1. The van der Waals surface area contributed by atoms with Crippen molar-refractivity contribution < 1.29 is 35.5 Å². The van der Waals surface area contributed by atoms with Crippen LogP contribution in [0, 0.1) is 0 Å². The molecule has 13 heavy (non-hydrogen) atoms. The Labute approximate surface area is 80.4 Å². The van der Waals surface area contributed by atoms with Gasteiger partial charge in [0.25, 0.3) is 0 Å². The topological polar surface area (TPSA) is 17.1 Å². The summed E-state index contributed by atoms with van der Waals surface area (Å²) in [6, 6.07) is -3.76. The fourth-order valence-corrected chi connectivity index (χ4v) is 0.901. The first kappa shape index (κ1) is 12.9. The molecule has 0 spiro atoms. The van der Waals surface area contributed by atoms with Gasteiger partial charge in [0.05, 0.1) is 0 Å². The van der Waals surface area contributed by atoms with Crippen molar-refractivity contribution in [3.8, 4) is 0 Å². The Morgan fingerprint density at radius 3 is 1.31 bits per heavy atom. The Morgan fingerprint density at radius 1 is 1.00 bits per heavy atom. The van der Waals surface area contributed by atoms with Gasteiger partial charge in [-0.3, -0.25) is 4.79 Å². The molecule has 0 aromatic rings. The molecule has 0 aliphatic heterocycles. The molecule has 1 nitrogen and oxygen atoms in total. The first-order valence-corrected chi connectivity index (χ1v) is 3.54. The second-order valence-electron chi connectivity index (χ2n) is 1.93. The predicted octanol–water partition coefficient (Wildman–Crippen LogP) is 2.78. The third-order valence-electron chi connectivity index (χ3n) is 1.05. The molecule has 0 bridgehead atoms. The van der Waals surface area contributed by atoms with Crippen molar-refractivity contribution in [2.24, 2.45) is 0 Å². The Kier molecular flexibility index (Phi) is 3.22. The highest BCUT2D eigenvalue weighted by molar-refractivity contribution is 14.1. The van der Waals surface area contributed by atoms with Crippen LogP contribution in [0.15, 0.2) is 0 Å². The predicted molar refractivity (Wildman–Crippen MR) is 35.0 cm³/mol. The number of carbonyl (C=O) groups excluding carboxylic acids is 1. The fourth-order valence-electron chi connectivity index (χ4n) is 0.384. The minimum atomic E-state index is -6.29. The van der Waals surface area contributed by atoms with Crippen LogP contribution in [0.25, 0.3) is 0 Å². The van der Waals surface area contributed by atoms with Gasteiger partial charge in [0.2, 0.25) is 0 Å². The monoisotopic (exact) mass is 324 g/mol. The Balaban J connectivity index is 5.35. The molecule has 1 unspecified atom stereocenters. The third kappa shape index (κ3) is 2.05. The summed E-state index contributed by atoms with van der Waals surface area (Å²) in [5.41, 5.74) is -5.78. The van der Waals surface area contributed by atoms with Gasteiger partial charge in [0.1, 0.15) is 0 Å². The van der Waals surface area contributed by atoms with E-state index in [2.05, 4.69) is 0 Å². The van der Waals surface area contributed by atoms with Gasteiger partial charge in [-0.15, -0.1) is 0 Å². The molecule has 0 fully saturated rings. The smallest absolute Gasteiger partial charge is 0.257 e. The van der Waals surface area contributed by atoms with E-state index in [1.165, 1.54) is 0 Å². The van der Waals surface area contributed by atoms with E-state index in [0.29, 0.717) is 0 Å². The number of hydrogen-bond donors (Lipinski definition) is 0. The molecule has 9 heteroatoms. The van der Waals surface area contributed by atoms with Gasteiger partial charge in [0, 0.05) is 22.6 Å². The Morgan fingerprint density at radius 2 is 1.31 bits per heavy atom. The van der Waals surface area contributed by atoms with Crippen molar-refractivity contribution in [3.05, 3.63) is 0 Å². The highest BCUT2D eigenvalue weighted by Gasteiger charge is 2.76. The fraction of sp³-hybridized carbons (Fsp3) is 0.750.